The van der Waals surface area contributed by atoms with Crippen LogP contribution in [0, 0.1) is 6.92 Å². The number of aryl methyl sites for hydroxylation is 5. The van der Waals surface area contributed by atoms with Gasteiger partial charge >= 0.3 is 23.9 Å². The molecule has 0 spiro atoms. The maximum atomic E-state index is 12.6. The number of ether oxygens (including phenoxy) is 4. The molecule has 53 heavy (non-hydrogen) atoms. The molecule has 280 valence electrons. The van der Waals surface area contributed by atoms with Gasteiger partial charge in [-0.1, -0.05) is 30.3 Å². The molecule has 4 aromatic rings. The molecule has 4 aromatic carbocycles. The van der Waals surface area contributed by atoms with Crippen molar-refractivity contribution in [3.05, 3.63) is 117 Å². The highest BCUT2D eigenvalue weighted by Gasteiger charge is 2.14. The molecule has 12 nitrogen and oxygen atoms in total. The van der Waals surface area contributed by atoms with Gasteiger partial charge in [-0.25, -0.2) is 0 Å². The predicted octanol–water partition coefficient (Wildman–Crippen LogP) is 5.95. The molecule has 0 saturated heterocycles. The monoisotopic (exact) mass is 728 g/mol. The number of phenols is 4. The average Bonchev–Trinajstić information content (AvgIpc) is 3.15. The van der Waals surface area contributed by atoms with Gasteiger partial charge in [-0.2, -0.15) is 0 Å². The Morgan fingerprint density at radius 3 is 1.08 bits per heavy atom. The summed E-state index contributed by atoms with van der Waals surface area (Å²) in [6.07, 6.45) is 1.81. The molecule has 0 fully saturated rings. The molecule has 0 amide bonds. The Bertz CT molecular complexity index is 1920. The largest absolute Gasteiger partial charge is 0.508 e. The molecule has 0 bridgehead atoms. The van der Waals surface area contributed by atoms with Crippen molar-refractivity contribution in [2.45, 2.75) is 78.1 Å². The van der Waals surface area contributed by atoms with Crippen LogP contribution in [0.4, 0.5) is 0 Å². The van der Waals surface area contributed by atoms with Gasteiger partial charge < -0.3 is 39.4 Å². The van der Waals surface area contributed by atoms with E-state index in [1.807, 2.05) is 6.07 Å². The van der Waals surface area contributed by atoms with E-state index < -0.39 is 17.9 Å². The van der Waals surface area contributed by atoms with E-state index in [9.17, 15) is 39.6 Å². The first kappa shape index (κ1) is 39.7. The molecule has 0 heterocycles. The number of rotatable bonds is 18. The summed E-state index contributed by atoms with van der Waals surface area (Å²) in [6.45, 7) is 1.31. The van der Waals surface area contributed by atoms with E-state index in [1.54, 1.807) is 55.5 Å². The Balaban J connectivity index is 1.19. The van der Waals surface area contributed by atoms with Crippen LogP contribution in [-0.2, 0) is 83.6 Å². The van der Waals surface area contributed by atoms with E-state index in [2.05, 4.69) is 4.74 Å². The van der Waals surface area contributed by atoms with Crippen molar-refractivity contribution in [2.24, 2.45) is 0 Å². The predicted molar refractivity (Wildman–Crippen MR) is 192 cm³/mol. The van der Waals surface area contributed by atoms with Gasteiger partial charge in [0, 0.05) is 42.4 Å². The van der Waals surface area contributed by atoms with Crippen LogP contribution in [0.25, 0.3) is 0 Å². The first-order valence-electron chi connectivity index (χ1n) is 17.1. The van der Waals surface area contributed by atoms with Crippen LogP contribution in [0.15, 0.2) is 72.8 Å². The number of benzene rings is 4. The summed E-state index contributed by atoms with van der Waals surface area (Å²) in [7, 11) is 1.31. The van der Waals surface area contributed by atoms with Crippen molar-refractivity contribution >= 4 is 23.9 Å². The lowest BCUT2D eigenvalue weighted by Gasteiger charge is -2.11. The van der Waals surface area contributed by atoms with E-state index in [-0.39, 0.29) is 74.5 Å². The van der Waals surface area contributed by atoms with E-state index in [0.29, 0.717) is 47.9 Å². The third kappa shape index (κ3) is 12.9. The minimum absolute atomic E-state index is 0.0199. The summed E-state index contributed by atoms with van der Waals surface area (Å²) in [5.41, 5.74) is 5.02. The topological polar surface area (TPSA) is 186 Å². The summed E-state index contributed by atoms with van der Waals surface area (Å²) >= 11 is 0. The number of carbonyl (C=O) groups is 4. The number of carbonyl (C=O) groups excluding carboxylic acids is 4. The fourth-order valence-electron chi connectivity index (χ4n) is 5.38. The standard InChI is InChI=1S/C41H44O12/c1-26-19-27(3-11-34(26)42)8-16-39(47)51-24-32-21-29(5-13-36(32)44)10-18-41(49)53-25-33-22-30(6-14-37(33)45)9-17-40(48)52-23-31-20-28(4-12-35(31)43)7-15-38(46)50-2/h3-6,11-14,19-22,42-45H,7-10,15-18,23-25H2,1-2H3. The van der Waals surface area contributed by atoms with E-state index in [0.717, 1.165) is 22.3 Å². The van der Waals surface area contributed by atoms with Gasteiger partial charge in [0.25, 0.3) is 0 Å². The lowest BCUT2D eigenvalue weighted by molar-refractivity contribution is -0.145. The molecule has 0 atom stereocenters. The number of hydrogen-bond acceptors (Lipinski definition) is 12. The lowest BCUT2D eigenvalue weighted by atomic mass is 10.1. The third-order valence-electron chi connectivity index (χ3n) is 8.56. The Morgan fingerprint density at radius 2 is 0.755 bits per heavy atom. The van der Waals surface area contributed by atoms with E-state index in [1.165, 1.54) is 25.3 Å². The Labute approximate surface area is 307 Å². The molecule has 0 unspecified atom stereocenters. The summed E-state index contributed by atoms with van der Waals surface area (Å²) < 4.78 is 20.7. The first-order valence-corrected chi connectivity index (χ1v) is 17.1. The molecule has 0 aliphatic heterocycles. The van der Waals surface area contributed by atoms with Crippen LogP contribution < -0.4 is 0 Å². The summed E-state index contributed by atoms with van der Waals surface area (Å²) in [5.74, 6) is -1.75. The number of aromatic hydroxyl groups is 4. The summed E-state index contributed by atoms with van der Waals surface area (Å²) in [5, 5.41) is 40.4. The van der Waals surface area contributed by atoms with Crippen LogP contribution in [-0.4, -0.2) is 51.4 Å². The van der Waals surface area contributed by atoms with Crippen molar-refractivity contribution in [1.82, 2.24) is 0 Å². The molecule has 0 saturated carbocycles. The van der Waals surface area contributed by atoms with Gasteiger partial charge in [-0.15, -0.1) is 0 Å². The number of hydrogen-bond donors (Lipinski definition) is 4. The van der Waals surface area contributed by atoms with Gasteiger partial charge in [0.2, 0.25) is 0 Å². The number of phenolic OH excluding ortho intramolecular Hbond substituents is 4. The van der Waals surface area contributed by atoms with Crippen molar-refractivity contribution in [2.75, 3.05) is 7.11 Å². The second kappa shape index (κ2) is 19.5. The number of methoxy groups -OCH3 is 1. The molecule has 0 aliphatic carbocycles. The molecule has 0 radical (unpaired) electrons. The smallest absolute Gasteiger partial charge is 0.306 e. The van der Waals surface area contributed by atoms with Gasteiger partial charge in [0.05, 0.1) is 7.11 Å². The van der Waals surface area contributed by atoms with Crippen LogP contribution in [0.3, 0.4) is 0 Å². The number of esters is 4. The maximum Gasteiger partial charge on any atom is 0.306 e. The van der Waals surface area contributed by atoms with Crippen LogP contribution >= 0.6 is 0 Å². The van der Waals surface area contributed by atoms with Gasteiger partial charge in [-0.3, -0.25) is 19.2 Å². The van der Waals surface area contributed by atoms with Crippen molar-refractivity contribution in [3.8, 4) is 23.0 Å². The van der Waals surface area contributed by atoms with Crippen molar-refractivity contribution in [1.29, 1.82) is 0 Å². The van der Waals surface area contributed by atoms with E-state index in [4.69, 9.17) is 14.2 Å². The quantitative estimate of drug-likeness (QED) is 0.0698. The Morgan fingerprint density at radius 1 is 0.453 bits per heavy atom. The zero-order valence-electron chi connectivity index (χ0n) is 29.8. The highest BCUT2D eigenvalue weighted by atomic mass is 16.5. The molecule has 4 rings (SSSR count). The molecule has 0 aliphatic rings. The first-order chi connectivity index (χ1) is 25.4. The molecule has 12 heteroatoms. The maximum absolute atomic E-state index is 12.6. The second-order valence-electron chi connectivity index (χ2n) is 12.6. The fraction of sp³-hybridized carbons (Fsp3) is 0.317. The molecular formula is C41H44O12. The molecular weight excluding hydrogens is 684 g/mol. The normalized spacial score (nSPS) is 10.8. The fourth-order valence-corrected chi connectivity index (χ4v) is 5.38. The highest BCUT2D eigenvalue weighted by Crippen LogP contribution is 2.24. The van der Waals surface area contributed by atoms with Gasteiger partial charge in [0.15, 0.2) is 0 Å². The SMILES string of the molecule is COC(=O)CCc1ccc(O)c(COC(=O)CCc2ccc(O)c(COC(=O)CCc3ccc(O)c(COC(=O)CCc4ccc(O)c(C)c4)c3)c2)c1. The van der Waals surface area contributed by atoms with Crippen molar-refractivity contribution in [3.63, 3.8) is 0 Å². The van der Waals surface area contributed by atoms with Crippen LogP contribution in [0.5, 0.6) is 23.0 Å². The second-order valence-corrected chi connectivity index (χ2v) is 12.6. The minimum atomic E-state index is -0.512. The Kier molecular flexibility index (Phi) is 14.6. The van der Waals surface area contributed by atoms with Crippen molar-refractivity contribution < 1.29 is 58.6 Å². The third-order valence-corrected chi connectivity index (χ3v) is 8.56. The molecule has 4 N–H and O–H groups in total. The summed E-state index contributed by atoms with van der Waals surface area (Å²) in [6, 6.07) is 19.5. The highest BCUT2D eigenvalue weighted by molar-refractivity contribution is 5.71. The van der Waals surface area contributed by atoms with Gasteiger partial charge in [-0.05, 0) is 103 Å². The lowest BCUT2D eigenvalue weighted by Crippen LogP contribution is -2.08. The Hall–Kier alpha value is -6.04. The van der Waals surface area contributed by atoms with E-state index >= 15 is 0 Å². The zero-order valence-corrected chi connectivity index (χ0v) is 29.8. The zero-order chi connectivity index (χ0) is 38.3. The van der Waals surface area contributed by atoms with Crippen LogP contribution in [0.2, 0.25) is 0 Å². The van der Waals surface area contributed by atoms with Crippen LogP contribution in [0.1, 0.15) is 70.2 Å². The molecule has 0 aromatic heterocycles. The van der Waals surface area contributed by atoms with Gasteiger partial charge in [0.1, 0.15) is 42.8 Å². The summed E-state index contributed by atoms with van der Waals surface area (Å²) in [4.78, 5) is 48.8. The average molecular weight is 729 g/mol. The minimum Gasteiger partial charge on any atom is -0.508 e.